The highest BCUT2D eigenvalue weighted by Crippen LogP contribution is 2.49. The van der Waals surface area contributed by atoms with Crippen molar-refractivity contribution >= 4 is 31.3 Å². The Labute approximate surface area is 127 Å². The van der Waals surface area contributed by atoms with Crippen LogP contribution in [-0.2, 0) is 15.4 Å². The maximum Gasteiger partial charge on any atom is 0.152 e. The van der Waals surface area contributed by atoms with E-state index in [-0.39, 0.29) is 17.9 Å². The molecule has 110 valence electrons. The first-order valence-electron chi connectivity index (χ1n) is 6.63. The molecule has 2 atom stereocenters. The number of hydrogen-bond acceptors (Lipinski definition) is 5. The largest absolute Gasteiger partial charge is 0.383 e. The third kappa shape index (κ3) is 2.16. The van der Waals surface area contributed by atoms with Crippen molar-refractivity contribution < 1.29 is 13.5 Å². The second-order valence-electron chi connectivity index (χ2n) is 5.76. The van der Waals surface area contributed by atoms with Crippen LogP contribution >= 0.6 is 11.3 Å². The zero-order chi connectivity index (χ0) is 15.3. The zero-order valence-corrected chi connectivity index (χ0v) is 13.2. The van der Waals surface area contributed by atoms with Crippen LogP contribution in [0.2, 0.25) is 0 Å². The summed E-state index contributed by atoms with van der Waals surface area (Å²) in [6.07, 6.45) is 0.174. The van der Waals surface area contributed by atoms with Crippen molar-refractivity contribution in [3.05, 3.63) is 35.2 Å². The topological polar surface area (TPSA) is 78.2 Å². The van der Waals surface area contributed by atoms with Gasteiger partial charge in [-0.1, -0.05) is 18.2 Å². The molecular weight excluding hydrogens is 306 g/mol. The first kappa shape index (κ1) is 14.5. The third-order valence-corrected chi connectivity index (χ3v) is 7.44. The van der Waals surface area contributed by atoms with Crippen molar-refractivity contribution in [1.82, 2.24) is 0 Å². The minimum atomic E-state index is -3.27. The van der Waals surface area contributed by atoms with Crippen LogP contribution in [0.15, 0.2) is 30.3 Å². The maximum atomic E-state index is 11.8. The number of sulfone groups is 1. The first-order valence-corrected chi connectivity index (χ1v) is 9.27. The minimum absolute atomic E-state index is 0.0401. The van der Waals surface area contributed by atoms with Crippen molar-refractivity contribution in [2.75, 3.05) is 11.5 Å². The molecule has 3 rings (SSSR count). The van der Waals surface area contributed by atoms with Gasteiger partial charge in [0.2, 0.25) is 0 Å². The molecule has 2 aromatic rings. The van der Waals surface area contributed by atoms with Gasteiger partial charge in [0.15, 0.2) is 9.84 Å². The molecule has 1 aromatic carbocycles. The van der Waals surface area contributed by atoms with Gasteiger partial charge in [0.1, 0.15) is 11.0 Å². The third-order valence-electron chi connectivity index (χ3n) is 4.36. The summed E-state index contributed by atoms with van der Waals surface area (Å²) in [4.78, 5) is 0.641. The Morgan fingerprint density at radius 1 is 1.43 bits per heavy atom. The van der Waals surface area contributed by atoms with Crippen molar-refractivity contribution in [2.24, 2.45) is 5.41 Å². The lowest BCUT2D eigenvalue weighted by Crippen LogP contribution is -2.43. The van der Waals surface area contributed by atoms with E-state index in [1.54, 1.807) is 6.92 Å². The van der Waals surface area contributed by atoms with E-state index < -0.39 is 20.9 Å². The summed E-state index contributed by atoms with van der Waals surface area (Å²) in [5.41, 5.74) is -2.75. The lowest BCUT2D eigenvalue weighted by molar-refractivity contribution is -0.0289. The zero-order valence-electron chi connectivity index (χ0n) is 11.5. The van der Waals surface area contributed by atoms with Crippen LogP contribution in [0.4, 0.5) is 0 Å². The van der Waals surface area contributed by atoms with Gasteiger partial charge in [-0.25, -0.2) is 8.42 Å². The summed E-state index contributed by atoms with van der Waals surface area (Å²) in [6.45, 7) is 1.56. The number of aliphatic hydroxyl groups is 1. The van der Waals surface area contributed by atoms with Crippen LogP contribution in [0, 0.1) is 16.7 Å². The van der Waals surface area contributed by atoms with E-state index in [9.17, 15) is 18.8 Å². The molecule has 0 bridgehead atoms. The molecule has 1 aromatic heterocycles. The quantitative estimate of drug-likeness (QED) is 0.921. The Morgan fingerprint density at radius 3 is 2.71 bits per heavy atom. The summed E-state index contributed by atoms with van der Waals surface area (Å²) in [5.74, 6) is -0.320. The molecule has 6 heteroatoms. The van der Waals surface area contributed by atoms with Gasteiger partial charge in [0, 0.05) is 9.58 Å². The number of rotatable bonds is 2. The predicted octanol–water partition coefficient (Wildman–Crippen LogP) is 2.44. The summed E-state index contributed by atoms with van der Waals surface area (Å²) in [5, 5.41) is 21.5. The van der Waals surface area contributed by atoms with Gasteiger partial charge in [-0.2, -0.15) is 5.26 Å². The molecule has 1 aliphatic rings. The lowest BCUT2D eigenvalue weighted by atomic mass is 9.72. The highest BCUT2D eigenvalue weighted by atomic mass is 32.2. The molecule has 0 aliphatic carbocycles. The van der Waals surface area contributed by atoms with E-state index in [1.807, 2.05) is 30.3 Å². The molecule has 21 heavy (non-hydrogen) atoms. The SMILES string of the molecule is CC(O)(c1cc2ccccc2s1)C1(C#N)CCS(=O)(=O)C1. The molecule has 0 radical (unpaired) electrons. The Bertz CT molecular complexity index is 812. The van der Waals surface area contributed by atoms with Crippen molar-refractivity contribution in [3.63, 3.8) is 0 Å². The summed E-state index contributed by atoms with van der Waals surface area (Å²) in [7, 11) is -3.27. The molecule has 4 nitrogen and oxygen atoms in total. The molecule has 0 spiro atoms. The molecule has 2 heterocycles. The number of thiophene rings is 1. The van der Waals surface area contributed by atoms with Crippen molar-refractivity contribution in [1.29, 1.82) is 5.26 Å². The van der Waals surface area contributed by atoms with E-state index in [0.717, 1.165) is 10.1 Å². The van der Waals surface area contributed by atoms with Gasteiger partial charge in [-0.3, -0.25) is 0 Å². The fourth-order valence-electron chi connectivity index (χ4n) is 2.89. The number of nitrogens with zero attached hydrogens (tertiary/aromatic N) is 1. The number of fused-ring (bicyclic) bond motifs is 1. The first-order chi connectivity index (χ1) is 9.80. The van der Waals surface area contributed by atoms with E-state index in [0.29, 0.717) is 4.88 Å². The average Bonchev–Trinajstić information content (AvgIpc) is 3.00. The van der Waals surface area contributed by atoms with E-state index in [1.165, 1.54) is 11.3 Å². The molecular formula is C15H15NO3S2. The Morgan fingerprint density at radius 2 is 2.14 bits per heavy atom. The van der Waals surface area contributed by atoms with Crippen LogP contribution in [0.5, 0.6) is 0 Å². The molecule has 1 saturated heterocycles. The molecule has 1 fully saturated rings. The molecule has 0 saturated carbocycles. The Balaban J connectivity index is 2.13. The van der Waals surface area contributed by atoms with Gasteiger partial charge in [0.05, 0.1) is 17.6 Å². The lowest BCUT2D eigenvalue weighted by Gasteiger charge is -2.35. The van der Waals surface area contributed by atoms with Crippen LogP contribution in [0.3, 0.4) is 0 Å². The second-order valence-corrected chi connectivity index (χ2v) is 9.02. The van der Waals surface area contributed by atoms with Crippen LogP contribution in [-0.4, -0.2) is 25.0 Å². The van der Waals surface area contributed by atoms with Gasteiger partial charge in [0.25, 0.3) is 0 Å². The second kappa shape index (κ2) is 4.54. The average molecular weight is 321 g/mol. The van der Waals surface area contributed by atoms with Gasteiger partial charge in [-0.15, -0.1) is 11.3 Å². The fourth-order valence-corrected chi connectivity index (χ4v) is 6.14. The Kier molecular flexibility index (Phi) is 3.14. The van der Waals surface area contributed by atoms with Crippen LogP contribution < -0.4 is 0 Å². The highest BCUT2D eigenvalue weighted by Gasteiger charge is 2.56. The Hall–Kier alpha value is -1.42. The maximum absolute atomic E-state index is 11.8. The summed E-state index contributed by atoms with van der Waals surface area (Å²) in [6, 6.07) is 11.7. The highest BCUT2D eigenvalue weighted by molar-refractivity contribution is 7.91. The fraction of sp³-hybridized carbons (Fsp3) is 0.400. The van der Waals surface area contributed by atoms with E-state index >= 15 is 0 Å². The normalized spacial score (nSPS) is 27.3. The van der Waals surface area contributed by atoms with Crippen LogP contribution in [0.1, 0.15) is 18.2 Å². The van der Waals surface area contributed by atoms with Gasteiger partial charge >= 0.3 is 0 Å². The van der Waals surface area contributed by atoms with Crippen LogP contribution in [0.25, 0.3) is 10.1 Å². The van der Waals surface area contributed by atoms with Gasteiger partial charge < -0.3 is 5.11 Å². The summed E-state index contributed by atoms with van der Waals surface area (Å²) >= 11 is 1.41. The number of hydrogen-bond donors (Lipinski definition) is 1. The predicted molar refractivity (Wildman–Crippen MR) is 82.7 cm³/mol. The monoisotopic (exact) mass is 321 g/mol. The van der Waals surface area contributed by atoms with Crippen molar-refractivity contribution in [3.8, 4) is 6.07 Å². The number of nitriles is 1. The molecule has 2 unspecified atom stereocenters. The summed E-state index contributed by atoms with van der Waals surface area (Å²) < 4.78 is 24.6. The molecule has 1 aliphatic heterocycles. The minimum Gasteiger partial charge on any atom is -0.383 e. The smallest absolute Gasteiger partial charge is 0.152 e. The van der Waals surface area contributed by atoms with E-state index in [2.05, 4.69) is 6.07 Å². The van der Waals surface area contributed by atoms with E-state index in [4.69, 9.17) is 0 Å². The van der Waals surface area contributed by atoms with Crippen molar-refractivity contribution in [2.45, 2.75) is 18.9 Å². The number of benzene rings is 1. The van der Waals surface area contributed by atoms with Gasteiger partial charge in [-0.05, 0) is 30.9 Å². The molecule has 1 N–H and O–H groups in total. The standard InChI is InChI=1S/C15H15NO3S2/c1-14(17,15(9-16)6-7-21(18,19)10-15)13-8-11-4-2-3-5-12(11)20-13/h2-5,8,17H,6-7,10H2,1H3. The molecule has 0 amide bonds.